The summed E-state index contributed by atoms with van der Waals surface area (Å²) in [6.45, 7) is 18.6. The van der Waals surface area contributed by atoms with Gasteiger partial charge >= 0.3 is 0 Å². The SMILES string of the molecule is CC(C)CC1c2cc3c4cc2OCOc2cc5c(cc21)C(CC(C)C)c1cc2c(cc1OCO5)OCOc1cc(c(cc1C2CC(C)C)C3CC(C)C)OCO4. The van der Waals surface area contributed by atoms with E-state index >= 15 is 0 Å². The number of hydrogen-bond donors (Lipinski definition) is 0. The Labute approximate surface area is 331 Å². The minimum absolute atomic E-state index is 0.00998. The molecule has 9 rings (SSSR count). The van der Waals surface area contributed by atoms with Gasteiger partial charge in [-0.25, -0.2) is 0 Å². The van der Waals surface area contributed by atoms with Crippen molar-refractivity contribution < 1.29 is 37.9 Å². The summed E-state index contributed by atoms with van der Waals surface area (Å²) in [6.07, 6.45) is 3.62. The quantitative estimate of drug-likeness (QED) is 0.176. The first-order valence-corrected chi connectivity index (χ1v) is 20.8. The van der Waals surface area contributed by atoms with Crippen molar-refractivity contribution in [3.05, 3.63) is 93.0 Å². The van der Waals surface area contributed by atoms with Crippen LogP contribution in [0.1, 0.15) is 149 Å². The van der Waals surface area contributed by atoms with Crippen LogP contribution in [0.15, 0.2) is 48.5 Å². The van der Waals surface area contributed by atoms with Crippen LogP contribution < -0.4 is 37.9 Å². The molecule has 4 aliphatic heterocycles. The Balaban J connectivity index is 1.43. The molecule has 0 saturated carbocycles. The van der Waals surface area contributed by atoms with Crippen LogP contribution in [0.2, 0.25) is 0 Å². The normalized spacial score (nSPS) is 21.2. The lowest BCUT2D eigenvalue weighted by Crippen LogP contribution is -2.23. The maximum atomic E-state index is 6.52. The summed E-state index contributed by atoms with van der Waals surface area (Å²) in [5, 5.41) is 0. The largest absolute Gasteiger partial charge is 0.457 e. The molecule has 1 aliphatic carbocycles. The highest BCUT2D eigenvalue weighted by Gasteiger charge is 2.37. The van der Waals surface area contributed by atoms with E-state index in [0.717, 1.165) is 116 Å². The standard InChI is InChI=1S/C48H56O8/c1-25(2)9-29-33-13-35-30(10-26(3)4)37-15-39-32(12-28(7)8)40-16-38-31(11-27(5)6)36-14-34(29)42-18-44(36)52-23-54-46(38)20-48(40)56-24-55-47(39)19-45(37)53-22-51-43(35)17-41(33)49-21-50-42/h13-20,25-32H,9-12,21-24H2,1-8H3. The van der Waals surface area contributed by atoms with Crippen LogP contribution in [0, 0.1) is 23.7 Å². The number of benzene rings is 4. The lowest BCUT2D eigenvalue weighted by atomic mass is 9.74. The average molecular weight is 761 g/mol. The van der Waals surface area contributed by atoms with Crippen LogP contribution >= 0.6 is 0 Å². The molecule has 0 unspecified atom stereocenters. The molecule has 8 nitrogen and oxygen atoms in total. The third kappa shape index (κ3) is 6.67. The molecule has 0 fully saturated rings. The van der Waals surface area contributed by atoms with E-state index in [2.05, 4.69) is 104 Å². The molecule has 0 atom stereocenters. The van der Waals surface area contributed by atoms with E-state index in [0.29, 0.717) is 23.7 Å². The zero-order valence-corrected chi connectivity index (χ0v) is 34.2. The van der Waals surface area contributed by atoms with E-state index in [-0.39, 0.29) is 50.8 Å². The van der Waals surface area contributed by atoms with Crippen molar-refractivity contribution in [2.45, 2.75) is 105 Å². The Morgan fingerprint density at radius 3 is 0.607 bits per heavy atom. The second-order valence-corrected chi connectivity index (χ2v) is 18.1. The summed E-state index contributed by atoms with van der Waals surface area (Å²) in [5.74, 6) is 7.82. The van der Waals surface area contributed by atoms with E-state index < -0.39 is 0 Å². The molecule has 4 aromatic carbocycles. The van der Waals surface area contributed by atoms with Gasteiger partial charge in [-0.15, -0.1) is 0 Å². The van der Waals surface area contributed by atoms with E-state index in [1.807, 2.05) is 0 Å². The third-order valence-electron chi connectivity index (χ3n) is 12.1. The monoisotopic (exact) mass is 760 g/mol. The summed E-state index contributed by atoms with van der Waals surface area (Å²) < 4.78 is 52.2. The maximum Gasteiger partial charge on any atom is 0.230 e. The molecule has 296 valence electrons. The van der Waals surface area contributed by atoms with Crippen LogP contribution in [0.3, 0.4) is 0 Å². The van der Waals surface area contributed by atoms with E-state index in [9.17, 15) is 0 Å². The number of hydrogen-bond acceptors (Lipinski definition) is 8. The summed E-state index contributed by atoms with van der Waals surface area (Å²) in [4.78, 5) is 0. The van der Waals surface area contributed by atoms with Gasteiger partial charge in [0.1, 0.15) is 46.0 Å². The molecule has 8 heteroatoms. The van der Waals surface area contributed by atoms with Crippen molar-refractivity contribution in [3.63, 3.8) is 0 Å². The zero-order chi connectivity index (χ0) is 38.8. The molecular formula is C48H56O8. The molecule has 4 aromatic rings. The van der Waals surface area contributed by atoms with Gasteiger partial charge in [0.25, 0.3) is 0 Å². The fraction of sp³-hybridized carbons (Fsp3) is 0.500. The highest BCUT2D eigenvalue weighted by atomic mass is 16.7. The van der Waals surface area contributed by atoms with Gasteiger partial charge in [-0.1, -0.05) is 55.4 Å². The van der Waals surface area contributed by atoms with Crippen molar-refractivity contribution in [1.82, 2.24) is 0 Å². The summed E-state index contributed by atoms with van der Waals surface area (Å²) in [5.41, 5.74) is 9.23. The first-order chi connectivity index (χ1) is 27.0. The zero-order valence-electron chi connectivity index (χ0n) is 34.2. The molecular weight excluding hydrogens is 705 g/mol. The Morgan fingerprint density at radius 1 is 0.304 bits per heavy atom. The van der Waals surface area contributed by atoms with E-state index in [1.54, 1.807) is 0 Å². The van der Waals surface area contributed by atoms with Crippen molar-refractivity contribution in [3.8, 4) is 46.0 Å². The van der Waals surface area contributed by atoms with Crippen molar-refractivity contribution >= 4 is 0 Å². The molecule has 0 amide bonds. The van der Waals surface area contributed by atoms with Crippen LogP contribution in [-0.4, -0.2) is 27.2 Å². The van der Waals surface area contributed by atoms with Crippen LogP contribution in [0.5, 0.6) is 46.0 Å². The van der Waals surface area contributed by atoms with Crippen molar-refractivity contribution in [2.24, 2.45) is 23.7 Å². The van der Waals surface area contributed by atoms with Gasteiger partial charge in [0.2, 0.25) is 27.2 Å². The first kappa shape index (κ1) is 36.9. The third-order valence-corrected chi connectivity index (χ3v) is 12.1. The van der Waals surface area contributed by atoms with Gasteiger partial charge in [0.15, 0.2) is 0 Å². The molecule has 5 aliphatic rings. The Bertz CT molecular complexity index is 1720. The highest BCUT2D eigenvalue weighted by molar-refractivity contribution is 5.64. The molecule has 4 heterocycles. The van der Waals surface area contributed by atoms with Crippen LogP contribution in [0.25, 0.3) is 0 Å². The molecule has 56 heavy (non-hydrogen) atoms. The smallest absolute Gasteiger partial charge is 0.230 e. The predicted molar refractivity (Wildman–Crippen MR) is 215 cm³/mol. The minimum atomic E-state index is -0.00998. The van der Waals surface area contributed by atoms with Gasteiger partial charge in [0, 0.05) is 92.4 Å². The number of ether oxygens (including phenoxy) is 8. The Morgan fingerprint density at radius 2 is 0.464 bits per heavy atom. The van der Waals surface area contributed by atoms with Crippen molar-refractivity contribution in [1.29, 1.82) is 0 Å². The van der Waals surface area contributed by atoms with Gasteiger partial charge in [-0.3, -0.25) is 0 Å². The number of rotatable bonds is 8. The van der Waals surface area contributed by atoms with E-state index in [1.165, 1.54) is 0 Å². The van der Waals surface area contributed by atoms with Crippen LogP contribution in [-0.2, 0) is 0 Å². The fourth-order valence-corrected chi connectivity index (χ4v) is 9.76. The molecule has 0 radical (unpaired) electrons. The molecule has 0 aromatic heterocycles. The molecule has 0 N–H and O–H groups in total. The second kappa shape index (κ2) is 14.7. The lowest BCUT2D eigenvalue weighted by Gasteiger charge is -2.35. The second-order valence-electron chi connectivity index (χ2n) is 18.1. The lowest BCUT2D eigenvalue weighted by molar-refractivity contribution is 0.0982. The average Bonchev–Trinajstić information content (AvgIpc) is 3.12. The van der Waals surface area contributed by atoms with Gasteiger partial charge in [-0.05, 0) is 73.6 Å². The Hall–Kier alpha value is -4.72. The van der Waals surface area contributed by atoms with Gasteiger partial charge in [-0.2, -0.15) is 0 Å². The maximum absolute atomic E-state index is 6.52. The van der Waals surface area contributed by atoms with Gasteiger partial charge in [0.05, 0.1) is 0 Å². The molecule has 8 bridgehead atoms. The summed E-state index contributed by atoms with van der Waals surface area (Å²) in [6, 6.07) is 17.9. The Kier molecular flexibility index (Phi) is 9.65. The molecule has 0 spiro atoms. The summed E-state index contributed by atoms with van der Waals surface area (Å²) in [7, 11) is 0. The van der Waals surface area contributed by atoms with Gasteiger partial charge < -0.3 is 37.9 Å². The van der Waals surface area contributed by atoms with E-state index in [4.69, 9.17) is 37.9 Å². The van der Waals surface area contributed by atoms with Crippen molar-refractivity contribution in [2.75, 3.05) is 27.2 Å². The first-order valence-electron chi connectivity index (χ1n) is 20.8. The minimum Gasteiger partial charge on any atom is -0.457 e. The summed E-state index contributed by atoms with van der Waals surface area (Å²) >= 11 is 0. The predicted octanol–water partition coefficient (Wildman–Crippen LogP) is 11.6. The molecule has 0 saturated heterocycles. The van der Waals surface area contributed by atoms with Crippen LogP contribution in [0.4, 0.5) is 0 Å². The topological polar surface area (TPSA) is 73.8 Å². The highest BCUT2D eigenvalue weighted by Crippen LogP contribution is 2.55. The fourth-order valence-electron chi connectivity index (χ4n) is 9.76.